The standard InChI is InChI=1S/C26H28N4O/c1-16-4-3-5-20-18(15-29-25(16)20)10-12-27-22-8-6-19(14-17(22)2)30-23-11-13-28-26-21(23)7-9-24(26)31/h3-6,8,11,13-15,24,27,29,31H,7,9-10,12H2,1-2H3,(H,28,30)/t24-/m0/s1. The molecule has 0 bridgehead atoms. The summed E-state index contributed by atoms with van der Waals surface area (Å²) in [5.41, 5.74) is 10.2. The first kappa shape index (κ1) is 19.6. The first-order valence-corrected chi connectivity index (χ1v) is 10.9. The number of benzene rings is 2. The van der Waals surface area contributed by atoms with Crippen LogP contribution in [0.15, 0.2) is 54.9 Å². The number of pyridine rings is 1. The van der Waals surface area contributed by atoms with Crippen LogP contribution in [-0.2, 0) is 12.8 Å². The fourth-order valence-corrected chi connectivity index (χ4v) is 4.59. The highest BCUT2D eigenvalue weighted by atomic mass is 16.3. The van der Waals surface area contributed by atoms with Gasteiger partial charge in [-0.3, -0.25) is 4.98 Å². The van der Waals surface area contributed by atoms with E-state index >= 15 is 0 Å². The van der Waals surface area contributed by atoms with Gasteiger partial charge in [0, 0.05) is 46.9 Å². The Hall–Kier alpha value is -3.31. The second-order valence-electron chi connectivity index (χ2n) is 8.42. The molecule has 1 aliphatic carbocycles. The highest BCUT2D eigenvalue weighted by Crippen LogP contribution is 2.35. The number of para-hydroxylation sites is 1. The lowest BCUT2D eigenvalue weighted by Gasteiger charge is -2.14. The van der Waals surface area contributed by atoms with Gasteiger partial charge in [-0.05, 0) is 79.6 Å². The maximum atomic E-state index is 10.1. The number of nitrogens with zero attached hydrogens (tertiary/aromatic N) is 1. The molecule has 0 saturated carbocycles. The molecule has 4 N–H and O–H groups in total. The average Bonchev–Trinajstić information content (AvgIpc) is 3.35. The minimum atomic E-state index is -0.439. The normalized spacial score (nSPS) is 15.3. The molecule has 4 aromatic rings. The van der Waals surface area contributed by atoms with E-state index in [0.717, 1.165) is 54.1 Å². The smallest absolute Gasteiger partial charge is 0.0966 e. The maximum absolute atomic E-state index is 10.1. The summed E-state index contributed by atoms with van der Waals surface area (Å²) in [5.74, 6) is 0. The molecule has 2 heterocycles. The summed E-state index contributed by atoms with van der Waals surface area (Å²) in [6, 6.07) is 14.8. The van der Waals surface area contributed by atoms with Crippen LogP contribution in [0.3, 0.4) is 0 Å². The Kier molecular flexibility index (Phi) is 5.12. The highest BCUT2D eigenvalue weighted by Gasteiger charge is 2.24. The molecule has 0 spiro atoms. The van der Waals surface area contributed by atoms with Gasteiger partial charge in [-0.15, -0.1) is 0 Å². The van der Waals surface area contributed by atoms with Gasteiger partial charge in [0.05, 0.1) is 11.8 Å². The minimum absolute atomic E-state index is 0.439. The molecule has 5 rings (SSSR count). The van der Waals surface area contributed by atoms with Crippen LogP contribution in [0.2, 0.25) is 0 Å². The van der Waals surface area contributed by atoms with Crippen molar-refractivity contribution in [2.24, 2.45) is 0 Å². The first-order chi connectivity index (χ1) is 15.1. The van der Waals surface area contributed by atoms with Crippen LogP contribution in [0.4, 0.5) is 17.1 Å². The molecule has 0 radical (unpaired) electrons. The number of aliphatic hydroxyl groups is 1. The fourth-order valence-electron chi connectivity index (χ4n) is 4.59. The molecule has 31 heavy (non-hydrogen) atoms. The zero-order valence-corrected chi connectivity index (χ0v) is 18.0. The van der Waals surface area contributed by atoms with Crippen molar-refractivity contribution in [3.63, 3.8) is 0 Å². The molecule has 5 nitrogen and oxygen atoms in total. The fraction of sp³-hybridized carbons (Fsp3) is 0.269. The Balaban J connectivity index is 1.25. The molecular formula is C26H28N4O. The van der Waals surface area contributed by atoms with E-state index in [1.807, 2.05) is 6.07 Å². The number of aromatic amines is 1. The van der Waals surface area contributed by atoms with Gasteiger partial charge in [-0.25, -0.2) is 0 Å². The van der Waals surface area contributed by atoms with Gasteiger partial charge < -0.3 is 20.7 Å². The number of anilines is 3. The number of aryl methyl sites for hydroxylation is 2. The van der Waals surface area contributed by atoms with Crippen molar-refractivity contribution in [3.8, 4) is 0 Å². The van der Waals surface area contributed by atoms with E-state index in [-0.39, 0.29) is 0 Å². The molecule has 2 aromatic carbocycles. The Morgan fingerprint density at radius 2 is 2.00 bits per heavy atom. The van der Waals surface area contributed by atoms with Crippen molar-refractivity contribution < 1.29 is 5.11 Å². The van der Waals surface area contributed by atoms with Gasteiger partial charge in [0.15, 0.2) is 0 Å². The van der Waals surface area contributed by atoms with E-state index in [1.54, 1.807) is 6.20 Å². The van der Waals surface area contributed by atoms with Gasteiger partial charge in [-0.2, -0.15) is 0 Å². The van der Waals surface area contributed by atoms with Gasteiger partial charge in [0.2, 0.25) is 0 Å². The van der Waals surface area contributed by atoms with E-state index in [1.165, 1.54) is 27.6 Å². The van der Waals surface area contributed by atoms with Crippen LogP contribution in [0.1, 0.15) is 40.5 Å². The van der Waals surface area contributed by atoms with E-state index in [2.05, 4.69) is 77.0 Å². The molecule has 1 aliphatic rings. The molecule has 1 atom stereocenters. The maximum Gasteiger partial charge on any atom is 0.0966 e. The number of rotatable bonds is 6. The van der Waals surface area contributed by atoms with E-state index in [4.69, 9.17) is 0 Å². The van der Waals surface area contributed by atoms with Crippen molar-refractivity contribution in [2.75, 3.05) is 17.2 Å². The van der Waals surface area contributed by atoms with Crippen LogP contribution < -0.4 is 10.6 Å². The molecule has 0 fully saturated rings. The Morgan fingerprint density at radius 3 is 2.87 bits per heavy atom. The van der Waals surface area contributed by atoms with Crippen molar-refractivity contribution >= 4 is 28.0 Å². The Bertz CT molecular complexity index is 1240. The largest absolute Gasteiger partial charge is 0.387 e. The van der Waals surface area contributed by atoms with Crippen molar-refractivity contribution in [1.29, 1.82) is 0 Å². The number of fused-ring (bicyclic) bond motifs is 2. The summed E-state index contributed by atoms with van der Waals surface area (Å²) < 4.78 is 0. The van der Waals surface area contributed by atoms with Crippen LogP contribution >= 0.6 is 0 Å². The van der Waals surface area contributed by atoms with Crippen LogP contribution in [0.25, 0.3) is 10.9 Å². The second kappa shape index (κ2) is 8.08. The van der Waals surface area contributed by atoms with E-state index in [0.29, 0.717) is 0 Å². The molecule has 5 heteroatoms. The summed E-state index contributed by atoms with van der Waals surface area (Å²) in [6.45, 7) is 5.15. The lowest BCUT2D eigenvalue weighted by molar-refractivity contribution is 0.176. The molecule has 2 aromatic heterocycles. The number of aromatic nitrogens is 2. The number of H-pyrrole nitrogens is 1. The van der Waals surface area contributed by atoms with Crippen LogP contribution in [0.5, 0.6) is 0 Å². The number of nitrogens with one attached hydrogen (secondary N) is 3. The lowest BCUT2D eigenvalue weighted by atomic mass is 10.1. The predicted octanol–water partition coefficient (Wildman–Crippen LogP) is 5.56. The predicted molar refractivity (Wildman–Crippen MR) is 127 cm³/mol. The Morgan fingerprint density at radius 1 is 1.10 bits per heavy atom. The topological polar surface area (TPSA) is 73.0 Å². The zero-order chi connectivity index (χ0) is 21.4. The third-order valence-corrected chi connectivity index (χ3v) is 6.30. The number of hydrogen-bond acceptors (Lipinski definition) is 4. The van der Waals surface area contributed by atoms with Gasteiger partial charge in [0.1, 0.15) is 0 Å². The number of aliphatic hydroxyl groups excluding tert-OH is 1. The molecule has 0 saturated heterocycles. The SMILES string of the molecule is Cc1cc(Nc2ccnc3c2CC[C@@H]3O)ccc1NCCc1c[nH]c2c(C)cccc12. The lowest BCUT2D eigenvalue weighted by Crippen LogP contribution is -2.06. The number of hydrogen-bond donors (Lipinski definition) is 4. The second-order valence-corrected chi connectivity index (χ2v) is 8.42. The monoisotopic (exact) mass is 412 g/mol. The van der Waals surface area contributed by atoms with Gasteiger partial charge >= 0.3 is 0 Å². The van der Waals surface area contributed by atoms with E-state index in [9.17, 15) is 5.11 Å². The average molecular weight is 413 g/mol. The Labute approximate surface area is 182 Å². The van der Waals surface area contributed by atoms with Crippen molar-refractivity contribution in [1.82, 2.24) is 9.97 Å². The third kappa shape index (κ3) is 3.77. The minimum Gasteiger partial charge on any atom is -0.387 e. The van der Waals surface area contributed by atoms with Crippen LogP contribution in [-0.4, -0.2) is 21.6 Å². The van der Waals surface area contributed by atoms with Gasteiger partial charge in [0.25, 0.3) is 0 Å². The molecular weight excluding hydrogens is 384 g/mol. The summed E-state index contributed by atoms with van der Waals surface area (Å²) in [7, 11) is 0. The summed E-state index contributed by atoms with van der Waals surface area (Å²) in [5, 5.41) is 18.5. The zero-order valence-electron chi connectivity index (χ0n) is 18.0. The summed E-state index contributed by atoms with van der Waals surface area (Å²) >= 11 is 0. The van der Waals surface area contributed by atoms with Crippen molar-refractivity contribution in [3.05, 3.63) is 82.8 Å². The van der Waals surface area contributed by atoms with Crippen molar-refractivity contribution in [2.45, 2.75) is 39.2 Å². The quantitative estimate of drug-likeness (QED) is 0.335. The molecule has 0 unspecified atom stereocenters. The van der Waals surface area contributed by atoms with Gasteiger partial charge in [-0.1, -0.05) is 18.2 Å². The highest BCUT2D eigenvalue weighted by molar-refractivity contribution is 5.85. The molecule has 0 amide bonds. The summed E-state index contributed by atoms with van der Waals surface area (Å²) in [4.78, 5) is 7.76. The van der Waals surface area contributed by atoms with Crippen LogP contribution in [0, 0.1) is 13.8 Å². The molecule has 0 aliphatic heterocycles. The molecule has 158 valence electrons. The third-order valence-electron chi connectivity index (χ3n) is 6.30. The summed E-state index contributed by atoms with van der Waals surface area (Å²) in [6.07, 6.45) is 6.03. The van der Waals surface area contributed by atoms with E-state index < -0.39 is 6.10 Å². The first-order valence-electron chi connectivity index (χ1n) is 10.9.